The first-order valence-corrected chi connectivity index (χ1v) is 7.44. The van der Waals surface area contributed by atoms with Crippen LogP contribution in [0.2, 0.25) is 0 Å². The number of rotatable bonds is 7. The van der Waals surface area contributed by atoms with Crippen molar-refractivity contribution in [3.8, 4) is 0 Å². The maximum atomic E-state index is 5.19. The van der Waals surface area contributed by atoms with E-state index in [1.165, 1.54) is 37.9 Å². The van der Waals surface area contributed by atoms with Gasteiger partial charge in [-0.1, -0.05) is 0 Å². The molecule has 0 amide bonds. The van der Waals surface area contributed by atoms with Gasteiger partial charge >= 0.3 is 0 Å². The van der Waals surface area contributed by atoms with Crippen molar-refractivity contribution >= 4 is 0 Å². The summed E-state index contributed by atoms with van der Waals surface area (Å²) in [7, 11) is 1.78. The molecule has 0 saturated heterocycles. The highest BCUT2D eigenvalue weighted by atomic mass is 16.5. The second kappa shape index (κ2) is 5.59. The summed E-state index contributed by atoms with van der Waals surface area (Å²) >= 11 is 0. The first kappa shape index (κ1) is 13.1. The first-order chi connectivity index (χ1) is 9.33. The highest BCUT2D eigenvalue weighted by Crippen LogP contribution is 2.48. The fourth-order valence-electron chi connectivity index (χ4n) is 2.95. The van der Waals surface area contributed by atoms with Gasteiger partial charge in [-0.3, -0.25) is 0 Å². The number of methoxy groups -OCH3 is 1. The molecule has 0 radical (unpaired) electrons. The van der Waals surface area contributed by atoms with Gasteiger partial charge in [-0.2, -0.15) is 0 Å². The quantitative estimate of drug-likeness (QED) is 0.811. The van der Waals surface area contributed by atoms with E-state index in [-0.39, 0.29) is 0 Å². The van der Waals surface area contributed by atoms with Crippen LogP contribution in [0.1, 0.15) is 43.8 Å². The predicted molar refractivity (Wildman–Crippen MR) is 72.8 cm³/mol. The molecule has 1 fully saturated rings. The lowest BCUT2D eigenvalue weighted by Gasteiger charge is -2.17. The molecule has 19 heavy (non-hydrogen) atoms. The summed E-state index contributed by atoms with van der Waals surface area (Å²) in [5, 5.41) is 12.2. The largest absolute Gasteiger partial charge is 0.385 e. The molecular formula is C14H24N4O. The Morgan fingerprint density at radius 3 is 3.00 bits per heavy atom. The average Bonchev–Trinajstić information content (AvgIpc) is 3.10. The van der Waals surface area contributed by atoms with E-state index in [4.69, 9.17) is 4.74 Å². The zero-order valence-electron chi connectivity index (χ0n) is 11.8. The van der Waals surface area contributed by atoms with E-state index in [1.807, 2.05) is 0 Å². The Morgan fingerprint density at radius 1 is 1.32 bits per heavy atom. The van der Waals surface area contributed by atoms with Crippen molar-refractivity contribution in [2.75, 3.05) is 20.3 Å². The smallest absolute Gasteiger partial charge is 0.147 e. The number of aromatic nitrogens is 3. The third-order valence-electron chi connectivity index (χ3n) is 4.51. The van der Waals surface area contributed by atoms with Gasteiger partial charge in [0.05, 0.1) is 6.54 Å². The fraction of sp³-hybridized carbons (Fsp3) is 0.857. The highest BCUT2D eigenvalue weighted by Gasteiger charge is 2.41. The highest BCUT2D eigenvalue weighted by molar-refractivity contribution is 5.00. The minimum absolute atomic E-state index is 0.501. The summed E-state index contributed by atoms with van der Waals surface area (Å²) in [6.07, 6.45) is 7.45. The van der Waals surface area contributed by atoms with Gasteiger partial charge < -0.3 is 14.6 Å². The van der Waals surface area contributed by atoms with Gasteiger partial charge in [0.1, 0.15) is 11.6 Å². The number of hydrogen-bond donors (Lipinski definition) is 1. The Bertz CT molecular complexity index is 425. The van der Waals surface area contributed by atoms with Gasteiger partial charge in [0.15, 0.2) is 0 Å². The second-order valence-corrected chi connectivity index (χ2v) is 5.99. The van der Waals surface area contributed by atoms with Crippen molar-refractivity contribution in [2.24, 2.45) is 5.41 Å². The molecule has 0 spiro atoms. The molecule has 1 aliphatic carbocycles. The van der Waals surface area contributed by atoms with Crippen molar-refractivity contribution in [1.82, 2.24) is 20.1 Å². The fourth-order valence-corrected chi connectivity index (χ4v) is 2.95. The van der Waals surface area contributed by atoms with E-state index in [2.05, 4.69) is 20.1 Å². The third kappa shape index (κ3) is 2.98. The minimum atomic E-state index is 0.501. The summed E-state index contributed by atoms with van der Waals surface area (Å²) in [5.41, 5.74) is 0.501. The Labute approximate surface area is 114 Å². The van der Waals surface area contributed by atoms with Crippen LogP contribution in [-0.4, -0.2) is 35.0 Å². The van der Waals surface area contributed by atoms with Crippen LogP contribution >= 0.6 is 0 Å². The van der Waals surface area contributed by atoms with Crippen LogP contribution in [0.3, 0.4) is 0 Å². The van der Waals surface area contributed by atoms with E-state index >= 15 is 0 Å². The van der Waals surface area contributed by atoms with Crippen molar-refractivity contribution in [3.05, 3.63) is 11.6 Å². The molecule has 1 N–H and O–H groups in total. The third-order valence-corrected chi connectivity index (χ3v) is 4.51. The number of nitrogens with zero attached hydrogens (tertiary/aromatic N) is 3. The van der Waals surface area contributed by atoms with Crippen LogP contribution in [0.4, 0.5) is 0 Å². The maximum Gasteiger partial charge on any atom is 0.147 e. The van der Waals surface area contributed by atoms with Gasteiger partial charge in [0, 0.05) is 33.2 Å². The molecule has 0 unspecified atom stereocenters. The van der Waals surface area contributed by atoms with Crippen LogP contribution < -0.4 is 5.32 Å². The zero-order chi connectivity index (χ0) is 13.1. The van der Waals surface area contributed by atoms with Crippen LogP contribution in [0.5, 0.6) is 0 Å². The minimum Gasteiger partial charge on any atom is -0.385 e. The number of nitrogens with one attached hydrogen (secondary N) is 1. The van der Waals surface area contributed by atoms with Gasteiger partial charge in [0.25, 0.3) is 0 Å². The van der Waals surface area contributed by atoms with Gasteiger partial charge in [-0.15, -0.1) is 10.2 Å². The van der Waals surface area contributed by atoms with E-state index < -0.39 is 0 Å². The lowest BCUT2D eigenvalue weighted by Crippen LogP contribution is -2.26. The molecule has 0 aromatic carbocycles. The Morgan fingerprint density at radius 2 is 2.21 bits per heavy atom. The first-order valence-electron chi connectivity index (χ1n) is 7.44. The molecule has 0 bridgehead atoms. The maximum absolute atomic E-state index is 5.19. The molecule has 1 aromatic heterocycles. The lowest BCUT2D eigenvalue weighted by molar-refractivity contribution is 0.171. The molecular weight excluding hydrogens is 240 g/mol. The molecule has 3 rings (SSSR count). The Balaban J connectivity index is 1.49. The van der Waals surface area contributed by atoms with Crippen LogP contribution in [0.25, 0.3) is 0 Å². The molecule has 5 nitrogen and oxygen atoms in total. The molecule has 106 valence electrons. The van der Waals surface area contributed by atoms with E-state index in [1.54, 1.807) is 7.11 Å². The average molecular weight is 264 g/mol. The molecule has 2 heterocycles. The van der Waals surface area contributed by atoms with Crippen LogP contribution in [0, 0.1) is 5.41 Å². The predicted octanol–water partition coefficient (Wildman–Crippen LogP) is 1.52. The number of ether oxygens (including phenoxy) is 1. The monoisotopic (exact) mass is 264 g/mol. The van der Waals surface area contributed by atoms with Gasteiger partial charge in [-0.05, 0) is 37.5 Å². The van der Waals surface area contributed by atoms with Crippen LogP contribution in [-0.2, 0) is 24.2 Å². The second-order valence-electron chi connectivity index (χ2n) is 5.99. The molecule has 0 atom stereocenters. The number of fused-ring (bicyclic) bond motifs is 1. The topological polar surface area (TPSA) is 52.0 Å². The SMILES string of the molecule is COCCC1(CNCc2nnc3n2CCCC3)CC1. The van der Waals surface area contributed by atoms with Gasteiger partial charge in [0.2, 0.25) is 0 Å². The van der Waals surface area contributed by atoms with E-state index in [9.17, 15) is 0 Å². The zero-order valence-corrected chi connectivity index (χ0v) is 11.8. The molecule has 1 aromatic rings. The van der Waals surface area contributed by atoms with Crippen molar-refractivity contribution < 1.29 is 4.74 Å². The molecule has 5 heteroatoms. The van der Waals surface area contributed by atoms with Crippen molar-refractivity contribution in [3.63, 3.8) is 0 Å². The molecule has 2 aliphatic rings. The summed E-state index contributed by atoms with van der Waals surface area (Å²) in [6.45, 7) is 3.90. The number of hydrogen-bond acceptors (Lipinski definition) is 4. The van der Waals surface area contributed by atoms with Crippen LogP contribution in [0.15, 0.2) is 0 Å². The van der Waals surface area contributed by atoms with E-state index in [0.29, 0.717) is 5.41 Å². The van der Waals surface area contributed by atoms with Crippen molar-refractivity contribution in [2.45, 2.75) is 51.6 Å². The van der Waals surface area contributed by atoms with E-state index in [0.717, 1.165) is 38.5 Å². The molecule has 1 saturated carbocycles. The summed E-state index contributed by atoms with van der Waals surface area (Å²) in [4.78, 5) is 0. The summed E-state index contributed by atoms with van der Waals surface area (Å²) in [6, 6.07) is 0. The molecule has 1 aliphatic heterocycles. The van der Waals surface area contributed by atoms with Gasteiger partial charge in [-0.25, -0.2) is 0 Å². The normalized spacial score (nSPS) is 20.3. The van der Waals surface area contributed by atoms with Crippen molar-refractivity contribution in [1.29, 1.82) is 0 Å². The summed E-state index contributed by atoms with van der Waals surface area (Å²) in [5.74, 6) is 2.28. The Kier molecular flexibility index (Phi) is 3.84. The summed E-state index contributed by atoms with van der Waals surface area (Å²) < 4.78 is 7.49. The number of aryl methyl sites for hydroxylation is 1. The lowest BCUT2D eigenvalue weighted by atomic mass is 10.0. The Hall–Kier alpha value is -0.940. The standard InChI is InChI=1S/C14H24N4O/c1-19-9-7-14(5-6-14)11-15-10-13-17-16-12-4-2-3-8-18(12)13/h15H,2-11H2,1H3.